The standard InChI is InChI=1S/C19H36N2/c1-2-3-9-14-21-15-18(17-10-5-4-6-11-17)20-16-19(21)12-7-8-13-19/h17-18,20H,2-16H2,1H3. The summed E-state index contributed by atoms with van der Waals surface area (Å²) in [6.45, 7) is 6.31. The Morgan fingerprint density at radius 3 is 2.48 bits per heavy atom. The largest absolute Gasteiger partial charge is 0.311 e. The van der Waals surface area contributed by atoms with Gasteiger partial charge in [-0.05, 0) is 44.6 Å². The van der Waals surface area contributed by atoms with Gasteiger partial charge in [0.1, 0.15) is 0 Å². The van der Waals surface area contributed by atoms with Crippen LogP contribution in [0.15, 0.2) is 0 Å². The molecule has 0 bridgehead atoms. The molecule has 1 saturated heterocycles. The highest BCUT2D eigenvalue weighted by Crippen LogP contribution is 2.39. The quantitative estimate of drug-likeness (QED) is 0.758. The predicted octanol–water partition coefficient (Wildman–Crippen LogP) is 4.34. The molecular formula is C19H36N2. The number of unbranched alkanes of at least 4 members (excludes halogenated alkanes) is 2. The molecule has 1 atom stereocenters. The van der Waals surface area contributed by atoms with Crippen molar-refractivity contribution in [3.8, 4) is 0 Å². The number of hydrogen-bond donors (Lipinski definition) is 1. The second kappa shape index (κ2) is 7.46. The summed E-state index contributed by atoms with van der Waals surface area (Å²) in [4.78, 5) is 2.94. The van der Waals surface area contributed by atoms with Crippen molar-refractivity contribution in [3.63, 3.8) is 0 Å². The van der Waals surface area contributed by atoms with Crippen LogP contribution in [0.5, 0.6) is 0 Å². The van der Waals surface area contributed by atoms with E-state index < -0.39 is 0 Å². The molecule has 0 aromatic carbocycles. The van der Waals surface area contributed by atoms with Crippen LogP contribution >= 0.6 is 0 Å². The molecule has 0 radical (unpaired) electrons. The molecule has 21 heavy (non-hydrogen) atoms. The third kappa shape index (κ3) is 3.64. The number of piperazine rings is 1. The monoisotopic (exact) mass is 292 g/mol. The van der Waals surface area contributed by atoms with E-state index in [1.165, 1.54) is 96.7 Å². The Hall–Kier alpha value is -0.0800. The average molecular weight is 293 g/mol. The molecule has 3 rings (SSSR count). The molecule has 2 saturated carbocycles. The first kappa shape index (κ1) is 15.8. The van der Waals surface area contributed by atoms with Gasteiger partial charge in [0.15, 0.2) is 0 Å². The number of nitrogens with zero attached hydrogens (tertiary/aromatic N) is 1. The number of nitrogens with one attached hydrogen (secondary N) is 1. The smallest absolute Gasteiger partial charge is 0.0334 e. The van der Waals surface area contributed by atoms with Gasteiger partial charge in [-0.15, -0.1) is 0 Å². The van der Waals surface area contributed by atoms with E-state index >= 15 is 0 Å². The maximum absolute atomic E-state index is 4.00. The van der Waals surface area contributed by atoms with Gasteiger partial charge in [0.2, 0.25) is 0 Å². The lowest BCUT2D eigenvalue weighted by atomic mass is 9.80. The van der Waals surface area contributed by atoms with E-state index in [4.69, 9.17) is 0 Å². The molecule has 0 amide bonds. The molecule has 2 nitrogen and oxygen atoms in total. The summed E-state index contributed by atoms with van der Waals surface area (Å²) < 4.78 is 0. The molecule has 1 N–H and O–H groups in total. The highest BCUT2D eigenvalue weighted by molar-refractivity contribution is 5.03. The van der Waals surface area contributed by atoms with Gasteiger partial charge in [-0.3, -0.25) is 4.90 Å². The van der Waals surface area contributed by atoms with Crippen LogP contribution in [0.4, 0.5) is 0 Å². The average Bonchev–Trinajstić information content (AvgIpc) is 3.00. The minimum atomic E-state index is 0.541. The lowest BCUT2D eigenvalue weighted by Gasteiger charge is -2.50. The minimum absolute atomic E-state index is 0.541. The van der Waals surface area contributed by atoms with Gasteiger partial charge in [-0.2, -0.15) is 0 Å². The Balaban J connectivity index is 1.61. The van der Waals surface area contributed by atoms with Crippen molar-refractivity contribution in [2.45, 2.75) is 95.6 Å². The van der Waals surface area contributed by atoms with E-state index in [2.05, 4.69) is 17.1 Å². The summed E-state index contributed by atoms with van der Waals surface area (Å²) in [6, 6.07) is 0.790. The van der Waals surface area contributed by atoms with Crippen molar-refractivity contribution in [2.75, 3.05) is 19.6 Å². The summed E-state index contributed by atoms with van der Waals surface area (Å²) in [5.41, 5.74) is 0.541. The van der Waals surface area contributed by atoms with Crippen molar-refractivity contribution in [3.05, 3.63) is 0 Å². The van der Waals surface area contributed by atoms with Gasteiger partial charge in [0, 0.05) is 24.7 Å². The highest BCUT2D eigenvalue weighted by Gasteiger charge is 2.44. The summed E-state index contributed by atoms with van der Waals surface area (Å²) in [5.74, 6) is 0.964. The molecule has 1 spiro atoms. The maximum atomic E-state index is 4.00. The van der Waals surface area contributed by atoms with Crippen molar-refractivity contribution >= 4 is 0 Å². The lowest BCUT2D eigenvalue weighted by Crippen LogP contribution is -2.65. The Kier molecular flexibility index (Phi) is 5.61. The van der Waals surface area contributed by atoms with Crippen molar-refractivity contribution in [1.29, 1.82) is 0 Å². The Bertz CT molecular complexity index is 303. The van der Waals surface area contributed by atoms with E-state index in [0.29, 0.717) is 5.54 Å². The van der Waals surface area contributed by atoms with Crippen LogP contribution in [0.2, 0.25) is 0 Å². The van der Waals surface area contributed by atoms with E-state index in [1.807, 2.05) is 0 Å². The molecule has 1 heterocycles. The SMILES string of the molecule is CCCCCN1CC(C2CCCCC2)NCC12CCCC2. The van der Waals surface area contributed by atoms with Crippen LogP contribution < -0.4 is 5.32 Å². The van der Waals surface area contributed by atoms with Gasteiger partial charge in [-0.1, -0.05) is 51.9 Å². The van der Waals surface area contributed by atoms with Gasteiger partial charge in [0.05, 0.1) is 0 Å². The van der Waals surface area contributed by atoms with E-state index in [-0.39, 0.29) is 0 Å². The Labute approximate surface area is 132 Å². The topological polar surface area (TPSA) is 15.3 Å². The molecule has 3 aliphatic rings. The fourth-order valence-electron chi connectivity index (χ4n) is 5.19. The van der Waals surface area contributed by atoms with Crippen molar-refractivity contribution in [2.24, 2.45) is 5.92 Å². The van der Waals surface area contributed by atoms with Gasteiger partial charge in [0.25, 0.3) is 0 Å². The zero-order chi connectivity index (χ0) is 14.5. The van der Waals surface area contributed by atoms with Gasteiger partial charge >= 0.3 is 0 Å². The van der Waals surface area contributed by atoms with Crippen LogP contribution in [0, 0.1) is 5.92 Å². The summed E-state index contributed by atoms with van der Waals surface area (Å²) in [7, 11) is 0. The fraction of sp³-hybridized carbons (Fsp3) is 1.00. The van der Waals surface area contributed by atoms with Crippen LogP contribution in [0.3, 0.4) is 0 Å². The van der Waals surface area contributed by atoms with Crippen molar-refractivity contribution in [1.82, 2.24) is 10.2 Å². The molecule has 2 heteroatoms. The highest BCUT2D eigenvalue weighted by atomic mass is 15.3. The summed E-state index contributed by atoms with van der Waals surface area (Å²) in [6.07, 6.45) is 17.4. The van der Waals surface area contributed by atoms with E-state index in [0.717, 1.165) is 12.0 Å². The first-order valence-electron chi connectivity index (χ1n) is 9.82. The maximum Gasteiger partial charge on any atom is 0.0334 e. The first-order valence-corrected chi connectivity index (χ1v) is 9.82. The zero-order valence-corrected chi connectivity index (χ0v) is 14.2. The van der Waals surface area contributed by atoms with Crippen LogP contribution in [0.1, 0.15) is 84.0 Å². The second-order valence-electron chi connectivity index (χ2n) is 7.97. The van der Waals surface area contributed by atoms with Crippen LogP contribution in [-0.2, 0) is 0 Å². The second-order valence-corrected chi connectivity index (χ2v) is 7.97. The molecule has 1 unspecified atom stereocenters. The predicted molar refractivity (Wildman–Crippen MR) is 90.7 cm³/mol. The van der Waals surface area contributed by atoms with Crippen LogP contribution in [-0.4, -0.2) is 36.1 Å². The van der Waals surface area contributed by atoms with Gasteiger partial charge in [-0.25, -0.2) is 0 Å². The molecular weight excluding hydrogens is 256 g/mol. The van der Waals surface area contributed by atoms with Crippen LogP contribution in [0.25, 0.3) is 0 Å². The molecule has 3 fully saturated rings. The Morgan fingerprint density at radius 2 is 1.76 bits per heavy atom. The molecule has 122 valence electrons. The number of rotatable bonds is 5. The third-order valence-electron chi connectivity index (χ3n) is 6.57. The van der Waals surface area contributed by atoms with Gasteiger partial charge < -0.3 is 5.32 Å². The lowest BCUT2D eigenvalue weighted by molar-refractivity contribution is 0.0232. The van der Waals surface area contributed by atoms with E-state index in [9.17, 15) is 0 Å². The molecule has 0 aromatic heterocycles. The normalized spacial score (nSPS) is 31.0. The molecule has 1 aliphatic heterocycles. The Morgan fingerprint density at radius 1 is 1.00 bits per heavy atom. The van der Waals surface area contributed by atoms with Crippen molar-refractivity contribution < 1.29 is 0 Å². The zero-order valence-electron chi connectivity index (χ0n) is 14.2. The third-order valence-corrected chi connectivity index (χ3v) is 6.57. The number of hydrogen-bond acceptors (Lipinski definition) is 2. The molecule has 0 aromatic rings. The minimum Gasteiger partial charge on any atom is -0.311 e. The first-order chi connectivity index (χ1) is 10.3. The fourth-order valence-corrected chi connectivity index (χ4v) is 5.19. The van der Waals surface area contributed by atoms with E-state index in [1.54, 1.807) is 0 Å². The summed E-state index contributed by atoms with van der Waals surface area (Å²) >= 11 is 0. The molecule has 2 aliphatic carbocycles. The summed E-state index contributed by atoms with van der Waals surface area (Å²) in [5, 5.41) is 4.00.